The van der Waals surface area contributed by atoms with E-state index in [1.165, 1.54) is 18.2 Å². The maximum absolute atomic E-state index is 13.5. The Morgan fingerprint density at radius 2 is 2.13 bits per heavy atom. The van der Waals surface area contributed by atoms with Crippen LogP contribution in [0.4, 0.5) is 4.39 Å². The highest BCUT2D eigenvalue weighted by atomic mass is 19.1. The van der Waals surface area contributed by atoms with Crippen LogP contribution < -0.4 is 4.84 Å². The SMILES string of the molecule is CC/C(=C\c1c(C)ccn1OCc1cc(F)ccc1O)c1cncc(-c2cc[nH]c2)n1. The number of allylic oxidation sites excluding steroid dienone is 1. The Hall–Kier alpha value is -3.87. The van der Waals surface area contributed by atoms with Gasteiger partial charge in [0.05, 0.1) is 29.5 Å². The molecule has 0 fully saturated rings. The molecule has 158 valence electrons. The standard InChI is InChI=1S/C24H23FN4O2/c1-3-17(21-13-27-14-22(28-21)18-6-8-26-12-18)11-23-16(2)7-9-29(23)31-15-19-10-20(25)4-5-24(19)30/h4-14,26,30H,3,15H2,1-2H3/b17-11+. The quantitative estimate of drug-likeness (QED) is 0.443. The molecule has 1 aromatic carbocycles. The number of nitrogens with zero attached hydrogens (tertiary/aromatic N) is 3. The lowest BCUT2D eigenvalue weighted by atomic mass is 10.1. The first kappa shape index (κ1) is 20.4. The van der Waals surface area contributed by atoms with E-state index in [0.29, 0.717) is 5.56 Å². The lowest BCUT2D eigenvalue weighted by Gasteiger charge is -2.12. The molecule has 0 unspecified atom stereocenters. The lowest BCUT2D eigenvalue weighted by molar-refractivity contribution is 0.0949. The first-order valence-electron chi connectivity index (χ1n) is 10.00. The van der Waals surface area contributed by atoms with Crippen molar-refractivity contribution in [2.45, 2.75) is 26.9 Å². The zero-order valence-electron chi connectivity index (χ0n) is 17.3. The number of hydrogen-bond acceptors (Lipinski definition) is 4. The van der Waals surface area contributed by atoms with E-state index >= 15 is 0 Å². The molecule has 3 heterocycles. The van der Waals surface area contributed by atoms with Gasteiger partial charge in [0.15, 0.2) is 0 Å². The molecule has 0 aliphatic heterocycles. The average molecular weight is 418 g/mol. The van der Waals surface area contributed by atoms with Gasteiger partial charge < -0.3 is 14.9 Å². The average Bonchev–Trinajstić information content (AvgIpc) is 3.43. The second kappa shape index (κ2) is 8.87. The number of nitrogens with one attached hydrogen (secondary N) is 1. The lowest BCUT2D eigenvalue weighted by Crippen LogP contribution is -2.12. The van der Waals surface area contributed by atoms with E-state index < -0.39 is 5.82 Å². The van der Waals surface area contributed by atoms with Crippen LogP contribution in [0.1, 0.15) is 35.9 Å². The van der Waals surface area contributed by atoms with E-state index in [2.05, 4.69) is 16.9 Å². The molecule has 0 bridgehead atoms. The number of phenolic OH excluding ortho intramolecular Hbond substituents is 1. The normalized spacial score (nSPS) is 11.6. The predicted octanol–water partition coefficient (Wildman–Crippen LogP) is 5.01. The molecule has 3 aromatic heterocycles. The van der Waals surface area contributed by atoms with Gasteiger partial charge in [0.2, 0.25) is 0 Å². The molecule has 4 rings (SSSR count). The number of aromatic nitrogens is 4. The van der Waals surface area contributed by atoms with Crippen molar-refractivity contribution in [3.05, 3.63) is 89.6 Å². The number of benzene rings is 1. The second-order valence-electron chi connectivity index (χ2n) is 7.17. The van der Waals surface area contributed by atoms with Crippen molar-refractivity contribution in [1.29, 1.82) is 0 Å². The predicted molar refractivity (Wildman–Crippen MR) is 117 cm³/mol. The fourth-order valence-electron chi connectivity index (χ4n) is 3.28. The maximum atomic E-state index is 13.5. The summed E-state index contributed by atoms with van der Waals surface area (Å²) < 4.78 is 15.1. The summed E-state index contributed by atoms with van der Waals surface area (Å²) in [7, 11) is 0. The third-order valence-electron chi connectivity index (χ3n) is 5.05. The van der Waals surface area contributed by atoms with Crippen molar-refractivity contribution in [3.8, 4) is 17.0 Å². The maximum Gasteiger partial charge on any atom is 0.143 e. The Balaban J connectivity index is 1.62. The first-order valence-corrected chi connectivity index (χ1v) is 10.00. The first-order chi connectivity index (χ1) is 15.0. The third kappa shape index (κ3) is 4.50. The van der Waals surface area contributed by atoms with Crippen LogP contribution in [0.3, 0.4) is 0 Å². The molecule has 0 atom stereocenters. The molecule has 7 heteroatoms. The van der Waals surface area contributed by atoms with Crippen LogP contribution in [-0.4, -0.2) is 24.8 Å². The minimum absolute atomic E-state index is 0.00605. The molecule has 6 nitrogen and oxygen atoms in total. The van der Waals surface area contributed by atoms with E-state index in [-0.39, 0.29) is 12.4 Å². The fourth-order valence-corrected chi connectivity index (χ4v) is 3.28. The van der Waals surface area contributed by atoms with Crippen molar-refractivity contribution in [1.82, 2.24) is 19.7 Å². The van der Waals surface area contributed by atoms with Crippen molar-refractivity contribution < 1.29 is 14.3 Å². The highest BCUT2D eigenvalue weighted by molar-refractivity contribution is 5.80. The summed E-state index contributed by atoms with van der Waals surface area (Å²) in [4.78, 5) is 18.0. The fraction of sp³-hybridized carbons (Fsp3) is 0.167. The van der Waals surface area contributed by atoms with Crippen LogP contribution in [0.5, 0.6) is 5.75 Å². The van der Waals surface area contributed by atoms with Crippen LogP contribution in [0.2, 0.25) is 0 Å². The Labute approximate surface area is 179 Å². The van der Waals surface area contributed by atoms with Gasteiger partial charge in [-0.25, -0.2) is 9.37 Å². The third-order valence-corrected chi connectivity index (χ3v) is 5.05. The molecule has 0 saturated carbocycles. The van der Waals surface area contributed by atoms with E-state index in [4.69, 9.17) is 9.82 Å². The van der Waals surface area contributed by atoms with E-state index in [0.717, 1.165) is 40.2 Å². The number of aryl methyl sites for hydroxylation is 1. The monoisotopic (exact) mass is 418 g/mol. The molecule has 0 saturated heterocycles. The van der Waals surface area contributed by atoms with Gasteiger partial charge in [-0.15, -0.1) is 0 Å². The number of hydrogen-bond donors (Lipinski definition) is 2. The van der Waals surface area contributed by atoms with Gasteiger partial charge in [-0.2, -0.15) is 4.73 Å². The molecular weight excluding hydrogens is 395 g/mol. The van der Waals surface area contributed by atoms with Gasteiger partial charge in [-0.3, -0.25) is 4.98 Å². The molecule has 0 spiro atoms. The van der Waals surface area contributed by atoms with E-state index in [1.54, 1.807) is 23.3 Å². The summed E-state index contributed by atoms with van der Waals surface area (Å²) in [6.45, 7) is 4.08. The van der Waals surface area contributed by atoms with Gasteiger partial charge in [0.1, 0.15) is 18.2 Å². The summed E-state index contributed by atoms with van der Waals surface area (Å²) in [5, 5.41) is 9.94. The van der Waals surface area contributed by atoms with Gasteiger partial charge in [-0.1, -0.05) is 6.92 Å². The zero-order chi connectivity index (χ0) is 21.8. The Bertz CT molecular complexity index is 1210. The summed E-state index contributed by atoms with van der Waals surface area (Å²) in [6.07, 6.45) is 11.8. The number of rotatable bonds is 7. The summed E-state index contributed by atoms with van der Waals surface area (Å²) in [5.74, 6) is -0.428. The van der Waals surface area contributed by atoms with Crippen molar-refractivity contribution in [3.63, 3.8) is 0 Å². The van der Waals surface area contributed by atoms with Crippen LogP contribution >= 0.6 is 0 Å². The van der Waals surface area contributed by atoms with Crippen molar-refractivity contribution >= 4 is 11.6 Å². The number of halogens is 1. The summed E-state index contributed by atoms with van der Waals surface area (Å²) in [5.41, 5.74) is 5.81. The van der Waals surface area contributed by atoms with Crippen LogP contribution in [0, 0.1) is 12.7 Å². The Morgan fingerprint density at radius 1 is 1.26 bits per heavy atom. The largest absolute Gasteiger partial charge is 0.508 e. The summed E-state index contributed by atoms with van der Waals surface area (Å²) in [6, 6.07) is 7.69. The number of aromatic amines is 1. The highest BCUT2D eigenvalue weighted by Gasteiger charge is 2.11. The molecule has 0 radical (unpaired) electrons. The molecule has 2 N–H and O–H groups in total. The zero-order valence-corrected chi connectivity index (χ0v) is 17.3. The highest BCUT2D eigenvalue weighted by Crippen LogP contribution is 2.25. The van der Waals surface area contributed by atoms with Crippen molar-refractivity contribution in [2.24, 2.45) is 0 Å². The smallest absolute Gasteiger partial charge is 0.143 e. The van der Waals surface area contributed by atoms with Gasteiger partial charge in [0.25, 0.3) is 0 Å². The van der Waals surface area contributed by atoms with Gasteiger partial charge in [-0.05, 0) is 60.9 Å². The molecule has 4 aromatic rings. The molecule has 0 aliphatic rings. The summed E-state index contributed by atoms with van der Waals surface area (Å²) >= 11 is 0. The number of phenols is 1. The Morgan fingerprint density at radius 3 is 2.90 bits per heavy atom. The van der Waals surface area contributed by atoms with Crippen molar-refractivity contribution in [2.75, 3.05) is 0 Å². The minimum Gasteiger partial charge on any atom is -0.508 e. The molecule has 31 heavy (non-hydrogen) atoms. The van der Waals surface area contributed by atoms with Crippen LogP contribution in [-0.2, 0) is 6.61 Å². The minimum atomic E-state index is -0.422. The molecule has 0 amide bonds. The van der Waals surface area contributed by atoms with E-state index in [1.807, 2.05) is 37.5 Å². The topological polar surface area (TPSA) is 76.0 Å². The Kier molecular flexibility index (Phi) is 5.84. The second-order valence-corrected chi connectivity index (χ2v) is 7.17. The molecular formula is C24H23FN4O2. The van der Waals surface area contributed by atoms with Crippen LogP contribution in [0.15, 0.2) is 61.3 Å². The molecule has 0 aliphatic carbocycles. The number of H-pyrrole nitrogens is 1. The van der Waals surface area contributed by atoms with E-state index in [9.17, 15) is 9.50 Å². The van der Waals surface area contributed by atoms with Crippen LogP contribution in [0.25, 0.3) is 22.9 Å². The van der Waals surface area contributed by atoms with Gasteiger partial charge >= 0.3 is 0 Å². The number of aromatic hydroxyl groups is 1. The van der Waals surface area contributed by atoms with Gasteiger partial charge in [0, 0.05) is 29.7 Å².